The lowest BCUT2D eigenvalue weighted by molar-refractivity contribution is 0.0698. The number of morpholine rings is 1. The Morgan fingerprint density at radius 3 is 2.86 bits per heavy atom. The molecule has 0 saturated carbocycles. The van der Waals surface area contributed by atoms with Crippen LogP contribution < -0.4 is 0 Å². The van der Waals surface area contributed by atoms with Gasteiger partial charge in [0.05, 0.1) is 24.9 Å². The van der Waals surface area contributed by atoms with Crippen LogP contribution in [0.15, 0.2) is 6.07 Å². The van der Waals surface area contributed by atoms with Crippen LogP contribution >= 0.6 is 0 Å². The molecule has 0 unspecified atom stereocenters. The van der Waals surface area contributed by atoms with Crippen LogP contribution in [-0.2, 0) is 21.4 Å². The van der Waals surface area contributed by atoms with Crippen molar-refractivity contribution in [1.29, 1.82) is 0 Å². The molecule has 1 aromatic rings. The van der Waals surface area contributed by atoms with E-state index >= 15 is 0 Å². The highest BCUT2D eigenvalue weighted by Crippen LogP contribution is 2.34. The molecule has 1 atom stereocenters. The Morgan fingerprint density at radius 1 is 1.36 bits per heavy atom. The Morgan fingerprint density at radius 2 is 2.14 bits per heavy atom. The van der Waals surface area contributed by atoms with Crippen molar-refractivity contribution in [3.8, 4) is 0 Å². The monoisotopic (exact) mass is 330 g/mol. The maximum absolute atomic E-state index is 12.8. The first-order chi connectivity index (χ1) is 10.6. The van der Waals surface area contributed by atoms with Gasteiger partial charge in [-0.1, -0.05) is 0 Å². The minimum Gasteiger partial charge on any atom is -0.396 e. The van der Waals surface area contributed by atoms with Crippen molar-refractivity contribution in [1.82, 2.24) is 18.8 Å². The zero-order valence-electron chi connectivity index (χ0n) is 12.4. The molecule has 2 aliphatic heterocycles. The standard InChI is InChI=1S/C13H22N4O4S/c18-7-3-11-10-12(15-14-11)13-2-1-4-17(13)22(19,20)16-5-8-21-9-6-16/h10,13,18H,1-9H2,(H,14,15)/t13-/m0/s1. The molecule has 2 saturated heterocycles. The average molecular weight is 330 g/mol. The van der Waals surface area contributed by atoms with Gasteiger partial charge in [0.2, 0.25) is 0 Å². The van der Waals surface area contributed by atoms with Crippen LogP contribution in [0.5, 0.6) is 0 Å². The first kappa shape index (κ1) is 15.9. The molecule has 0 radical (unpaired) electrons. The second-order valence-corrected chi connectivity index (χ2v) is 7.46. The Balaban J connectivity index is 1.79. The second-order valence-electron chi connectivity index (χ2n) is 5.58. The number of aromatic nitrogens is 2. The summed E-state index contributed by atoms with van der Waals surface area (Å²) < 4.78 is 33.9. The van der Waals surface area contributed by atoms with Crippen LogP contribution in [0, 0.1) is 0 Å². The van der Waals surface area contributed by atoms with Gasteiger partial charge in [-0.3, -0.25) is 5.10 Å². The topological polar surface area (TPSA) is 98.8 Å². The molecule has 2 aliphatic rings. The number of nitrogens with zero attached hydrogens (tertiary/aromatic N) is 3. The Bertz CT molecular complexity index is 597. The first-order valence-corrected chi connectivity index (χ1v) is 9.02. The minimum absolute atomic E-state index is 0.0437. The zero-order chi connectivity index (χ0) is 15.6. The van der Waals surface area contributed by atoms with Crippen LogP contribution in [0.3, 0.4) is 0 Å². The molecule has 0 spiro atoms. The highest BCUT2D eigenvalue weighted by molar-refractivity contribution is 7.86. The lowest BCUT2D eigenvalue weighted by Gasteiger charge is -2.32. The summed E-state index contributed by atoms with van der Waals surface area (Å²) in [5.41, 5.74) is 1.56. The summed E-state index contributed by atoms with van der Waals surface area (Å²) in [6, 6.07) is 1.63. The van der Waals surface area contributed by atoms with Crippen molar-refractivity contribution in [2.75, 3.05) is 39.5 Å². The molecular formula is C13H22N4O4S. The number of aliphatic hydroxyl groups is 1. The van der Waals surface area contributed by atoms with Crippen LogP contribution in [-0.4, -0.2) is 71.8 Å². The van der Waals surface area contributed by atoms with E-state index in [-0.39, 0.29) is 12.6 Å². The predicted octanol–water partition coefficient (Wildman–Crippen LogP) is -0.342. The number of aliphatic hydroxyl groups excluding tert-OH is 1. The van der Waals surface area contributed by atoms with Gasteiger partial charge >= 0.3 is 0 Å². The SMILES string of the molecule is O=S(=O)(N1CCOCC1)N1CCC[C@H]1c1cc(CCO)[nH]n1. The third kappa shape index (κ3) is 3.04. The van der Waals surface area contributed by atoms with Crippen molar-refractivity contribution >= 4 is 10.2 Å². The summed E-state index contributed by atoms with van der Waals surface area (Å²) in [5, 5.41) is 16.1. The summed E-state index contributed by atoms with van der Waals surface area (Å²) in [6.45, 7) is 2.26. The summed E-state index contributed by atoms with van der Waals surface area (Å²) in [7, 11) is -3.48. The fourth-order valence-electron chi connectivity index (χ4n) is 3.04. The first-order valence-electron chi connectivity index (χ1n) is 7.62. The fourth-order valence-corrected chi connectivity index (χ4v) is 4.84. The minimum atomic E-state index is -3.48. The maximum atomic E-state index is 12.8. The van der Waals surface area contributed by atoms with E-state index in [1.807, 2.05) is 6.07 Å². The number of hydrogen-bond donors (Lipinski definition) is 2. The van der Waals surface area contributed by atoms with Crippen molar-refractivity contribution in [3.05, 3.63) is 17.5 Å². The molecule has 0 bridgehead atoms. The van der Waals surface area contributed by atoms with E-state index in [9.17, 15) is 8.42 Å². The smallest absolute Gasteiger partial charge is 0.282 e. The van der Waals surface area contributed by atoms with Gasteiger partial charge in [0, 0.05) is 38.4 Å². The van der Waals surface area contributed by atoms with Gasteiger partial charge in [-0.2, -0.15) is 22.1 Å². The number of aromatic amines is 1. The average Bonchev–Trinajstić information content (AvgIpc) is 3.17. The number of ether oxygens (including phenoxy) is 1. The maximum Gasteiger partial charge on any atom is 0.282 e. The molecule has 2 fully saturated rings. The lowest BCUT2D eigenvalue weighted by atomic mass is 10.1. The van der Waals surface area contributed by atoms with E-state index in [1.54, 1.807) is 4.31 Å². The molecule has 1 aromatic heterocycles. The van der Waals surface area contributed by atoms with Gasteiger partial charge in [0.25, 0.3) is 10.2 Å². The number of rotatable bonds is 5. The molecule has 3 heterocycles. The lowest BCUT2D eigenvalue weighted by Crippen LogP contribution is -2.48. The summed E-state index contributed by atoms with van der Waals surface area (Å²) in [5.74, 6) is 0. The molecule has 3 rings (SSSR count). The van der Waals surface area contributed by atoms with Crippen molar-refractivity contribution < 1.29 is 18.3 Å². The van der Waals surface area contributed by atoms with Gasteiger partial charge in [0.1, 0.15) is 0 Å². The molecule has 22 heavy (non-hydrogen) atoms. The Kier molecular flexibility index (Phi) is 4.79. The van der Waals surface area contributed by atoms with Crippen molar-refractivity contribution in [2.45, 2.75) is 25.3 Å². The molecule has 0 amide bonds. The van der Waals surface area contributed by atoms with E-state index in [0.717, 1.165) is 24.2 Å². The second kappa shape index (κ2) is 6.63. The van der Waals surface area contributed by atoms with E-state index < -0.39 is 10.2 Å². The van der Waals surface area contributed by atoms with Gasteiger partial charge in [0.15, 0.2) is 0 Å². The van der Waals surface area contributed by atoms with Crippen molar-refractivity contribution in [3.63, 3.8) is 0 Å². The number of nitrogens with one attached hydrogen (secondary N) is 1. The van der Waals surface area contributed by atoms with Gasteiger partial charge in [-0.25, -0.2) is 0 Å². The van der Waals surface area contributed by atoms with E-state index in [0.29, 0.717) is 39.3 Å². The molecule has 2 N–H and O–H groups in total. The predicted molar refractivity (Wildman–Crippen MR) is 79.4 cm³/mol. The van der Waals surface area contributed by atoms with E-state index in [1.165, 1.54) is 4.31 Å². The number of hydrogen-bond acceptors (Lipinski definition) is 5. The van der Waals surface area contributed by atoms with Gasteiger partial charge in [-0.05, 0) is 18.9 Å². The Hall–Kier alpha value is -1.00. The third-order valence-electron chi connectivity index (χ3n) is 4.17. The van der Waals surface area contributed by atoms with Crippen LogP contribution in [0.1, 0.15) is 30.3 Å². The zero-order valence-corrected chi connectivity index (χ0v) is 13.3. The van der Waals surface area contributed by atoms with Crippen LogP contribution in [0.2, 0.25) is 0 Å². The third-order valence-corrected chi connectivity index (χ3v) is 6.22. The molecule has 0 aromatic carbocycles. The van der Waals surface area contributed by atoms with Gasteiger partial charge in [-0.15, -0.1) is 0 Å². The highest BCUT2D eigenvalue weighted by Gasteiger charge is 2.40. The highest BCUT2D eigenvalue weighted by atomic mass is 32.2. The molecular weight excluding hydrogens is 308 g/mol. The van der Waals surface area contributed by atoms with Crippen LogP contribution in [0.25, 0.3) is 0 Å². The molecule has 8 nitrogen and oxygen atoms in total. The van der Waals surface area contributed by atoms with E-state index in [4.69, 9.17) is 9.84 Å². The fraction of sp³-hybridized carbons (Fsp3) is 0.769. The Labute approximate surface area is 130 Å². The quantitative estimate of drug-likeness (QED) is 0.769. The largest absolute Gasteiger partial charge is 0.396 e. The van der Waals surface area contributed by atoms with Gasteiger partial charge < -0.3 is 9.84 Å². The summed E-state index contributed by atoms with van der Waals surface area (Å²) in [4.78, 5) is 0. The number of H-pyrrole nitrogens is 1. The molecule has 9 heteroatoms. The summed E-state index contributed by atoms with van der Waals surface area (Å²) >= 11 is 0. The molecule has 0 aliphatic carbocycles. The van der Waals surface area contributed by atoms with E-state index in [2.05, 4.69) is 10.2 Å². The van der Waals surface area contributed by atoms with Crippen LogP contribution in [0.4, 0.5) is 0 Å². The molecule has 124 valence electrons. The normalized spacial score (nSPS) is 24.9. The summed E-state index contributed by atoms with van der Waals surface area (Å²) in [6.07, 6.45) is 2.10. The van der Waals surface area contributed by atoms with Crippen molar-refractivity contribution in [2.24, 2.45) is 0 Å².